The Morgan fingerprint density at radius 3 is 2.50 bits per heavy atom. The fourth-order valence-corrected chi connectivity index (χ4v) is 1.37. The SMILES string of the molecule is C#CCN(CC(=O)O)C(=O)CCCCCC. The molecule has 4 heteroatoms. The third-order valence-electron chi connectivity index (χ3n) is 2.21. The average molecular weight is 225 g/mol. The van der Waals surface area contributed by atoms with Gasteiger partial charge in [-0.05, 0) is 6.42 Å². The molecule has 0 saturated heterocycles. The Kier molecular flexibility index (Phi) is 7.96. The van der Waals surface area contributed by atoms with Crippen LogP contribution in [0.2, 0.25) is 0 Å². The summed E-state index contributed by atoms with van der Waals surface area (Å²) in [6, 6.07) is 0. The molecule has 0 radical (unpaired) electrons. The van der Waals surface area contributed by atoms with Gasteiger partial charge in [-0.2, -0.15) is 0 Å². The topological polar surface area (TPSA) is 57.6 Å². The first kappa shape index (κ1) is 14.5. The highest BCUT2D eigenvalue weighted by atomic mass is 16.4. The summed E-state index contributed by atoms with van der Waals surface area (Å²) in [5.41, 5.74) is 0. The highest BCUT2D eigenvalue weighted by molar-refractivity contribution is 5.81. The van der Waals surface area contributed by atoms with Crippen molar-refractivity contribution in [1.82, 2.24) is 4.90 Å². The molecule has 0 saturated carbocycles. The molecule has 0 bridgehead atoms. The summed E-state index contributed by atoms with van der Waals surface area (Å²) in [7, 11) is 0. The lowest BCUT2D eigenvalue weighted by Gasteiger charge is -2.17. The Morgan fingerprint density at radius 1 is 1.31 bits per heavy atom. The van der Waals surface area contributed by atoms with E-state index in [0.29, 0.717) is 6.42 Å². The van der Waals surface area contributed by atoms with Crippen molar-refractivity contribution >= 4 is 11.9 Å². The number of hydrogen-bond donors (Lipinski definition) is 1. The van der Waals surface area contributed by atoms with Crippen molar-refractivity contribution in [3.05, 3.63) is 0 Å². The fraction of sp³-hybridized carbons (Fsp3) is 0.667. The molecule has 90 valence electrons. The van der Waals surface area contributed by atoms with Crippen LogP contribution in [0, 0.1) is 12.3 Å². The van der Waals surface area contributed by atoms with Crippen molar-refractivity contribution in [3.63, 3.8) is 0 Å². The van der Waals surface area contributed by atoms with Crippen molar-refractivity contribution in [2.24, 2.45) is 0 Å². The normalized spacial score (nSPS) is 9.50. The van der Waals surface area contributed by atoms with Crippen LogP contribution in [0.25, 0.3) is 0 Å². The summed E-state index contributed by atoms with van der Waals surface area (Å²) < 4.78 is 0. The highest BCUT2D eigenvalue weighted by Gasteiger charge is 2.14. The van der Waals surface area contributed by atoms with Crippen LogP contribution < -0.4 is 0 Å². The second kappa shape index (κ2) is 8.78. The van der Waals surface area contributed by atoms with Gasteiger partial charge < -0.3 is 10.0 Å². The monoisotopic (exact) mass is 225 g/mol. The number of amides is 1. The molecule has 0 heterocycles. The first-order valence-corrected chi connectivity index (χ1v) is 5.54. The minimum atomic E-state index is -1.03. The molecular weight excluding hydrogens is 206 g/mol. The van der Waals surface area contributed by atoms with Gasteiger partial charge in [-0.15, -0.1) is 6.42 Å². The van der Waals surface area contributed by atoms with Crippen molar-refractivity contribution in [1.29, 1.82) is 0 Å². The summed E-state index contributed by atoms with van der Waals surface area (Å²) in [6.07, 6.45) is 9.47. The van der Waals surface area contributed by atoms with Crippen LogP contribution in [0.15, 0.2) is 0 Å². The largest absolute Gasteiger partial charge is 0.480 e. The molecular formula is C12H19NO3. The first-order chi connectivity index (χ1) is 7.61. The minimum Gasteiger partial charge on any atom is -0.480 e. The molecule has 0 aromatic rings. The van der Waals surface area contributed by atoms with Crippen LogP contribution in [0.4, 0.5) is 0 Å². The number of carbonyl (C=O) groups excluding carboxylic acids is 1. The number of carboxylic acid groups (broad SMARTS) is 1. The van der Waals surface area contributed by atoms with Crippen LogP contribution in [0.1, 0.15) is 39.0 Å². The van der Waals surface area contributed by atoms with Gasteiger partial charge in [0.1, 0.15) is 6.54 Å². The molecule has 0 rings (SSSR count). The Labute approximate surface area is 96.6 Å². The van der Waals surface area contributed by atoms with Gasteiger partial charge >= 0.3 is 5.97 Å². The molecule has 0 spiro atoms. The summed E-state index contributed by atoms with van der Waals surface area (Å²) >= 11 is 0. The summed E-state index contributed by atoms with van der Waals surface area (Å²) in [4.78, 5) is 23.3. The van der Waals surface area contributed by atoms with E-state index in [2.05, 4.69) is 12.8 Å². The predicted octanol–water partition coefficient (Wildman–Crippen LogP) is 1.50. The van der Waals surface area contributed by atoms with Crippen molar-refractivity contribution in [3.8, 4) is 12.3 Å². The molecule has 16 heavy (non-hydrogen) atoms. The van der Waals surface area contributed by atoms with Crippen LogP contribution in [0.5, 0.6) is 0 Å². The van der Waals surface area contributed by atoms with E-state index in [1.54, 1.807) is 0 Å². The van der Waals surface area contributed by atoms with E-state index in [1.807, 2.05) is 0 Å². The van der Waals surface area contributed by atoms with Crippen LogP contribution in [-0.4, -0.2) is 35.0 Å². The van der Waals surface area contributed by atoms with Gasteiger partial charge in [0, 0.05) is 6.42 Å². The summed E-state index contributed by atoms with van der Waals surface area (Å²) in [5.74, 6) is 1.10. The molecule has 0 aromatic heterocycles. The van der Waals surface area contributed by atoms with Crippen molar-refractivity contribution in [2.75, 3.05) is 13.1 Å². The lowest BCUT2D eigenvalue weighted by Crippen LogP contribution is -2.35. The molecule has 0 unspecified atom stereocenters. The molecule has 0 atom stereocenters. The van der Waals surface area contributed by atoms with E-state index in [-0.39, 0.29) is 19.0 Å². The summed E-state index contributed by atoms with van der Waals surface area (Å²) in [6.45, 7) is 1.85. The molecule has 0 aromatic carbocycles. The Bertz CT molecular complexity index is 268. The average Bonchev–Trinajstić information content (AvgIpc) is 2.23. The number of unbranched alkanes of at least 4 members (excludes halogenated alkanes) is 3. The van der Waals surface area contributed by atoms with Crippen molar-refractivity contribution < 1.29 is 14.7 Å². The molecule has 0 aliphatic rings. The van der Waals surface area contributed by atoms with E-state index >= 15 is 0 Å². The zero-order valence-corrected chi connectivity index (χ0v) is 9.74. The third-order valence-corrected chi connectivity index (χ3v) is 2.21. The van der Waals surface area contributed by atoms with Gasteiger partial charge in [-0.1, -0.05) is 32.1 Å². The molecule has 1 amide bonds. The second-order valence-electron chi connectivity index (χ2n) is 3.66. The second-order valence-corrected chi connectivity index (χ2v) is 3.66. The predicted molar refractivity (Wildman–Crippen MR) is 61.8 cm³/mol. The lowest BCUT2D eigenvalue weighted by atomic mass is 10.1. The van der Waals surface area contributed by atoms with Gasteiger partial charge in [0.2, 0.25) is 5.91 Å². The molecule has 4 nitrogen and oxygen atoms in total. The highest BCUT2D eigenvalue weighted by Crippen LogP contribution is 2.05. The van der Waals surface area contributed by atoms with Crippen molar-refractivity contribution in [2.45, 2.75) is 39.0 Å². The van der Waals surface area contributed by atoms with Crippen LogP contribution in [-0.2, 0) is 9.59 Å². The van der Waals surface area contributed by atoms with E-state index in [4.69, 9.17) is 11.5 Å². The number of rotatable bonds is 8. The van der Waals surface area contributed by atoms with Crippen LogP contribution >= 0.6 is 0 Å². The van der Waals surface area contributed by atoms with Gasteiger partial charge in [-0.3, -0.25) is 9.59 Å². The maximum absolute atomic E-state index is 11.6. The lowest BCUT2D eigenvalue weighted by molar-refractivity contribution is -0.144. The number of aliphatic carboxylic acids is 1. The van der Waals surface area contributed by atoms with E-state index in [1.165, 1.54) is 4.90 Å². The van der Waals surface area contributed by atoms with E-state index < -0.39 is 5.97 Å². The summed E-state index contributed by atoms with van der Waals surface area (Å²) in [5, 5.41) is 8.61. The molecule has 0 aliphatic heterocycles. The Hall–Kier alpha value is -1.50. The first-order valence-electron chi connectivity index (χ1n) is 5.54. The zero-order valence-electron chi connectivity index (χ0n) is 9.74. The molecule has 1 N–H and O–H groups in total. The standard InChI is InChI=1S/C12H19NO3/c1-3-5-6-7-8-11(14)13(9-4-2)10-12(15)16/h2H,3,5-10H2,1H3,(H,15,16). The van der Waals surface area contributed by atoms with Gasteiger partial charge in [0.15, 0.2) is 0 Å². The Morgan fingerprint density at radius 2 is 2.00 bits per heavy atom. The fourth-order valence-electron chi connectivity index (χ4n) is 1.37. The van der Waals surface area contributed by atoms with E-state index in [0.717, 1.165) is 25.7 Å². The quantitative estimate of drug-likeness (QED) is 0.503. The molecule has 0 aliphatic carbocycles. The van der Waals surface area contributed by atoms with Gasteiger partial charge in [0.25, 0.3) is 0 Å². The minimum absolute atomic E-state index is 0.0684. The van der Waals surface area contributed by atoms with Crippen LogP contribution in [0.3, 0.4) is 0 Å². The maximum atomic E-state index is 11.6. The van der Waals surface area contributed by atoms with Gasteiger partial charge in [-0.25, -0.2) is 0 Å². The number of hydrogen-bond acceptors (Lipinski definition) is 2. The number of carbonyl (C=O) groups is 2. The number of nitrogens with zero attached hydrogens (tertiary/aromatic N) is 1. The van der Waals surface area contributed by atoms with Gasteiger partial charge in [0.05, 0.1) is 6.54 Å². The number of terminal acetylenes is 1. The molecule has 0 fully saturated rings. The smallest absolute Gasteiger partial charge is 0.323 e. The maximum Gasteiger partial charge on any atom is 0.323 e. The Balaban J connectivity index is 3.97. The third kappa shape index (κ3) is 6.88. The van der Waals surface area contributed by atoms with E-state index in [9.17, 15) is 9.59 Å². The zero-order chi connectivity index (χ0) is 12.4. The number of carboxylic acids is 1.